The molecule has 6 heteroatoms. The lowest BCUT2D eigenvalue weighted by Gasteiger charge is -2.37. The third-order valence-corrected chi connectivity index (χ3v) is 3.95. The highest BCUT2D eigenvalue weighted by molar-refractivity contribution is 9.10. The van der Waals surface area contributed by atoms with Crippen LogP contribution in [0.1, 0.15) is 30.1 Å². The highest BCUT2D eigenvalue weighted by Gasteiger charge is 2.35. The van der Waals surface area contributed by atoms with Crippen LogP contribution in [0.15, 0.2) is 22.9 Å². The summed E-state index contributed by atoms with van der Waals surface area (Å²) in [6, 6.07) is 1.41. The topological polar surface area (TPSA) is 70.5 Å². The van der Waals surface area contributed by atoms with E-state index in [1.54, 1.807) is 24.1 Å². The third-order valence-electron chi connectivity index (χ3n) is 3.52. The molecule has 0 aromatic carbocycles. The van der Waals surface area contributed by atoms with Crippen LogP contribution in [-0.2, 0) is 4.79 Å². The summed E-state index contributed by atoms with van der Waals surface area (Å²) in [4.78, 5) is 29.2. The number of hydrogen-bond acceptors (Lipinski definition) is 3. The number of pyridine rings is 1. The number of piperidine rings is 1. The average Bonchev–Trinajstić information content (AvgIpc) is 2.38. The molecule has 1 N–H and O–H groups in total. The largest absolute Gasteiger partial charge is 0.481 e. The van der Waals surface area contributed by atoms with E-state index in [1.807, 2.05) is 0 Å². The van der Waals surface area contributed by atoms with Crippen molar-refractivity contribution in [1.82, 2.24) is 9.88 Å². The van der Waals surface area contributed by atoms with Crippen LogP contribution >= 0.6 is 15.9 Å². The summed E-state index contributed by atoms with van der Waals surface area (Å²) < 4.78 is 0.734. The number of rotatable bonds is 2. The summed E-state index contributed by atoms with van der Waals surface area (Å²) >= 11 is 3.28. The smallest absolute Gasteiger partial charge is 0.308 e. The zero-order valence-electron chi connectivity index (χ0n) is 10.5. The second-order valence-corrected chi connectivity index (χ2v) is 5.63. The van der Waals surface area contributed by atoms with Gasteiger partial charge in [0.1, 0.15) is 0 Å². The maximum atomic E-state index is 12.4. The number of carbonyl (C=O) groups is 2. The molecule has 0 bridgehead atoms. The zero-order valence-corrected chi connectivity index (χ0v) is 12.1. The quantitative estimate of drug-likeness (QED) is 0.904. The van der Waals surface area contributed by atoms with Crippen LogP contribution in [-0.4, -0.2) is 39.5 Å². The molecule has 102 valence electrons. The highest BCUT2D eigenvalue weighted by Crippen LogP contribution is 2.25. The van der Waals surface area contributed by atoms with Crippen LogP contribution in [0.3, 0.4) is 0 Å². The summed E-state index contributed by atoms with van der Waals surface area (Å²) in [5.74, 6) is -1.48. The van der Waals surface area contributed by atoms with Crippen molar-refractivity contribution in [3.63, 3.8) is 0 Å². The lowest BCUT2D eigenvalue weighted by Crippen LogP contribution is -2.49. The summed E-state index contributed by atoms with van der Waals surface area (Å²) in [5, 5.41) is 9.17. The molecule has 1 aromatic heterocycles. The minimum atomic E-state index is -0.836. The number of hydrogen-bond donors (Lipinski definition) is 1. The van der Waals surface area contributed by atoms with Crippen LogP contribution in [0.4, 0.5) is 0 Å². The van der Waals surface area contributed by atoms with Crippen LogP contribution in [0.2, 0.25) is 0 Å². The van der Waals surface area contributed by atoms with E-state index in [1.165, 1.54) is 6.20 Å². The zero-order chi connectivity index (χ0) is 14.0. The molecule has 0 radical (unpaired) electrons. The molecule has 5 nitrogen and oxygen atoms in total. The summed E-state index contributed by atoms with van der Waals surface area (Å²) in [6.07, 6.45) is 4.45. The van der Waals surface area contributed by atoms with Crippen molar-refractivity contribution in [2.45, 2.75) is 25.8 Å². The van der Waals surface area contributed by atoms with E-state index in [0.29, 0.717) is 24.9 Å². The first-order chi connectivity index (χ1) is 9.00. The Morgan fingerprint density at radius 2 is 2.21 bits per heavy atom. The van der Waals surface area contributed by atoms with Gasteiger partial charge in [0.15, 0.2) is 0 Å². The minimum absolute atomic E-state index is 0.160. The molecule has 0 spiro atoms. The Balaban J connectivity index is 2.21. The highest BCUT2D eigenvalue weighted by atomic mass is 79.9. The Kier molecular flexibility index (Phi) is 4.19. The van der Waals surface area contributed by atoms with E-state index < -0.39 is 11.9 Å². The summed E-state index contributed by atoms with van der Waals surface area (Å²) in [7, 11) is 0. The normalized spacial score (nSPS) is 23.2. The van der Waals surface area contributed by atoms with E-state index in [4.69, 9.17) is 5.11 Å². The van der Waals surface area contributed by atoms with Crippen LogP contribution in [0, 0.1) is 5.92 Å². The van der Waals surface area contributed by atoms with Gasteiger partial charge in [0.25, 0.3) is 5.91 Å². The maximum absolute atomic E-state index is 12.4. The number of halogens is 1. The van der Waals surface area contributed by atoms with Crippen molar-refractivity contribution in [2.75, 3.05) is 6.54 Å². The Morgan fingerprint density at radius 3 is 2.84 bits per heavy atom. The van der Waals surface area contributed by atoms with Gasteiger partial charge in [-0.15, -0.1) is 0 Å². The van der Waals surface area contributed by atoms with E-state index >= 15 is 0 Å². The SMILES string of the molecule is C[C@@H]1[C@H](C(=O)O)CCCN1C(=O)c1cncc(Br)c1. The van der Waals surface area contributed by atoms with Gasteiger partial charge in [0, 0.05) is 29.5 Å². The fourth-order valence-corrected chi connectivity index (χ4v) is 2.82. The number of carboxylic acid groups (broad SMARTS) is 1. The third kappa shape index (κ3) is 2.94. The van der Waals surface area contributed by atoms with Gasteiger partial charge < -0.3 is 10.0 Å². The van der Waals surface area contributed by atoms with E-state index in [2.05, 4.69) is 20.9 Å². The molecule has 1 fully saturated rings. The predicted octanol–water partition coefficient (Wildman–Crippen LogP) is 2.17. The molecule has 2 rings (SSSR count). The van der Waals surface area contributed by atoms with Crippen molar-refractivity contribution >= 4 is 27.8 Å². The number of carboxylic acids is 1. The van der Waals surface area contributed by atoms with Gasteiger partial charge >= 0.3 is 5.97 Å². The second kappa shape index (κ2) is 5.69. The van der Waals surface area contributed by atoms with E-state index in [9.17, 15) is 9.59 Å². The molecule has 1 aliphatic heterocycles. The molecule has 0 aliphatic carbocycles. The van der Waals surface area contributed by atoms with Gasteiger partial charge in [-0.25, -0.2) is 0 Å². The Morgan fingerprint density at radius 1 is 1.47 bits per heavy atom. The van der Waals surface area contributed by atoms with Crippen LogP contribution in [0.25, 0.3) is 0 Å². The number of aliphatic carboxylic acids is 1. The molecular formula is C13H15BrN2O3. The molecule has 2 atom stereocenters. The molecule has 1 aromatic rings. The lowest BCUT2D eigenvalue weighted by atomic mass is 9.90. The van der Waals surface area contributed by atoms with Crippen molar-refractivity contribution in [2.24, 2.45) is 5.92 Å². The second-order valence-electron chi connectivity index (χ2n) is 4.72. The van der Waals surface area contributed by atoms with Crippen molar-refractivity contribution in [1.29, 1.82) is 0 Å². The van der Waals surface area contributed by atoms with E-state index in [0.717, 1.165) is 4.47 Å². The minimum Gasteiger partial charge on any atom is -0.481 e. The van der Waals surface area contributed by atoms with Crippen molar-refractivity contribution in [3.8, 4) is 0 Å². The average molecular weight is 327 g/mol. The van der Waals surface area contributed by atoms with Gasteiger partial charge in [0.2, 0.25) is 0 Å². The molecule has 1 saturated heterocycles. The van der Waals surface area contributed by atoms with Gasteiger partial charge in [-0.05, 0) is 41.8 Å². The lowest BCUT2D eigenvalue weighted by molar-refractivity contribution is -0.144. The van der Waals surface area contributed by atoms with Gasteiger partial charge in [-0.1, -0.05) is 0 Å². The summed E-state index contributed by atoms with van der Waals surface area (Å²) in [6.45, 7) is 2.39. The number of carbonyl (C=O) groups excluding carboxylic acids is 1. The van der Waals surface area contributed by atoms with Gasteiger partial charge in [-0.3, -0.25) is 14.6 Å². The Hall–Kier alpha value is -1.43. The molecule has 1 aliphatic rings. The number of nitrogens with zero attached hydrogens (tertiary/aromatic N) is 2. The van der Waals surface area contributed by atoms with E-state index in [-0.39, 0.29) is 11.9 Å². The fourth-order valence-electron chi connectivity index (χ4n) is 2.45. The Bertz CT molecular complexity index is 506. The standard InChI is InChI=1S/C13H15BrN2O3/c1-8-11(13(18)19)3-2-4-16(8)12(17)9-5-10(14)7-15-6-9/h5-8,11H,2-4H2,1H3,(H,18,19)/t8-,11-/m1/s1. The first kappa shape index (κ1) is 14.0. The number of likely N-dealkylation sites (tertiary alicyclic amines) is 1. The van der Waals surface area contributed by atoms with Crippen LogP contribution in [0.5, 0.6) is 0 Å². The Labute approximate surface area is 119 Å². The molecule has 19 heavy (non-hydrogen) atoms. The fraction of sp³-hybridized carbons (Fsp3) is 0.462. The molecule has 1 amide bonds. The van der Waals surface area contributed by atoms with Gasteiger partial charge in [0.05, 0.1) is 11.5 Å². The van der Waals surface area contributed by atoms with Crippen molar-refractivity contribution < 1.29 is 14.7 Å². The number of amides is 1. The van der Waals surface area contributed by atoms with Gasteiger partial charge in [-0.2, -0.15) is 0 Å². The first-order valence-corrected chi connectivity index (χ1v) is 6.94. The van der Waals surface area contributed by atoms with Crippen LogP contribution < -0.4 is 0 Å². The molecular weight excluding hydrogens is 312 g/mol. The summed E-state index contributed by atoms with van der Waals surface area (Å²) in [5.41, 5.74) is 0.479. The van der Waals surface area contributed by atoms with Crippen molar-refractivity contribution in [3.05, 3.63) is 28.5 Å². The molecule has 2 heterocycles. The number of aromatic nitrogens is 1. The molecule has 0 unspecified atom stereocenters. The first-order valence-electron chi connectivity index (χ1n) is 6.15. The predicted molar refractivity (Wildman–Crippen MR) is 72.8 cm³/mol. The molecule has 0 saturated carbocycles. The maximum Gasteiger partial charge on any atom is 0.308 e. The monoisotopic (exact) mass is 326 g/mol.